The molecule has 2 aromatic carbocycles. The van der Waals surface area contributed by atoms with Crippen molar-refractivity contribution in [2.75, 3.05) is 0 Å². The van der Waals surface area contributed by atoms with Crippen LogP contribution in [0.5, 0.6) is 0 Å². The van der Waals surface area contributed by atoms with Gasteiger partial charge in [0.25, 0.3) is 0 Å². The lowest BCUT2D eigenvalue weighted by Gasteiger charge is -2.08. The number of hydrogen-bond donors (Lipinski definition) is 1. The van der Waals surface area contributed by atoms with Crippen LogP contribution in [0.4, 0.5) is 4.39 Å². The number of benzene rings is 2. The predicted octanol–water partition coefficient (Wildman–Crippen LogP) is 3.20. The topological polar surface area (TPSA) is 43.8 Å². The molecule has 21 heavy (non-hydrogen) atoms. The zero-order chi connectivity index (χ0) is 14.7. The summed E-state index contributed by atoms with van der Waals surface area (Å²) in [5.74, 6) is -0.252. The van der Waals surface area contributed by atoms with E-state index < -0.39 is 0 Å². The Morgan fingerprint density at radius 1 is 1.00 bits per heavy atom. The molecule has 0 aliphatic heterocycles. The molecule has 0 saturated carbocycles. The Kier molecular flexibility index (Phi) is 3.79. The first-order chi connectivity index (χ1) is 10.3. The minimum atomic E-state index is -0.252. The molecule has 106 valence electrons. The van der Waals surface area contributed by atoms with Crippen LogP contribution in [0.25, 0.3) is 11.1 Å². The highest BCUT2D eigenvalue weighted by Gasteiger charge is 2.06. The SMILES string of the molecule is NCc1ccc(F)cc1Cn1cc(-c2ccccc2)cn1. The van der Waals surface area contributed by atoms with Crippen LogP contribution < -0.4 is 5.73 Å². The molecule has 0 aliphatic carbocycles. The molecular formula is C17H16FN3. The van der Waals surface area contributed by atoms with Gasteiger partial charge in [0.05, 0.1) is 12.7 Å². The average Bonchev–Trinajstić information content (AvgIpc) is 2.97. The summed E-state index contributed by atoms with van der Waals surface area (Å²) in [5, 5.41) is 4.35. The van der Waals surface area contributed by atoms with E-state index >= 15 is 0 Å². The van der Waals surface area contributed by atoms with E-state index in [1.165, 1.54) is 12.1 Å². The summed E-state index contributed by atoms with van der Waals surface area (Å²) in [5.41, 5.74) is 9.65. The van der Waals surface area contributed by atoms with Gasteiger partial charge >= 0.3 is 0 Å². The molecule has 1 heterocycles. The van der Waals surface area contributed by atoms with E-state index in [4.69, 9.17) is 5.73 Å². The molecule has 4 heteroatoms. The fourth-order valence-electron chi connectivity index (χ4n) is 2.35. The maximum Gasteiger partial charge on any atom is 0.123 e. The molecule has 0 bridgehead atoms. The van der Waals surface area contributed by atoms with E-state index in [2.05, 4.69) is 5.10 Å². The summed E-state index contributed by atoms with van der Waals surface area (Å²) in [6.07, 6.45) is 3.78. The highest BCUT2D eigenvalue weighted by molar-refractivity contribution is 5.61. The van der Waals surface area contributed by atoms with Gasteiger partial charge in [0.2, 0.25) is 0 Å². The minimum absolute atomic E-state index is 0.252. The first kappa shape index (κ1) is 13.5. The van der Waals surface area contributed by atoms with Crippen LogP contribution in [-0.2, 0) is 13.1 Å². The highest BCUT2D eigenvalue weighted by atomic mass is 19.1. The van der Waals surface area contributed by atoms with E-state index in [1.54, 1.807) is 10.7 Å². The molecule has 0 unspecified atom stereocenters. The van der Waals surface area contributed by atoms with Crippen molar-refractivity contribution < 1.29 is 4.39 Å². The van der Waals surface area contributed by atoms with Gasteiger partial charge in [-0.3, -0.25) is 4.68 Å². The highest BCUT2D eigenvalue weighted by Crippen LogP contribution is 2.19. The van der Waals surface area contributed by atoms with Gasteiger partial charge in [-0.1, -0.05) is 36.4 Å². The Morgan fingerprint density at radius 2 is 1.81 bits per heavy atom. The van der Waals surface area contributed by atoms with Crippen LogP contribution in [0.3, 0.4) is 0 Å². The van der Waals surface area contributed by atoms with Crippen molar-refractivity contribution in [1.82, 2.24) is 9.78 Å². The second-order valence-electron chi connectivity index (χ2n) is 4.91. The van der Waals surface area contributed by atoms with Crippen LogP contribution >= 0.6 is 0 Å². The van der Waals surface area contributed by atoms with Gasteiger partial charge < -0.3 is 5.73 Å². The Balaban J connectivity index is 1.87. The Bertz CT molecular complexity index is 735. The summed E-state index contributed by atoms with van der Waals surface area (Å²) in [4.78, 5) is 0. The van der Waals surface area contributed by atoms with E-state index in [0.717, 1.165) is 22.3 Å². The van der Waals surface area contributed by atoms with Gasteiger partial charge in [-0.05, 0) is 28.8 Å². The Labute approximate surface area is 122 Å². The Morgan fingerprint density at radius 3 is 2.57 bits per heavy atom. The second-order valence-corrected chi connectivity index (χ2v) is 4.91. The molecule has 0 radical (unpaired) electrons. The smallest absolute Gasteiger partial charge is 0.123 e. The molecule has 0 fully saturated rings. The quantitative estimate of drug-likeness (QED) is 0.798. The van der Waals surface area contributed by atoms with Crippen LogP contribution in [0.2, 0.25) is 0 Å². The van der Waals surface area contributed by atoms with Crippen molar-refractivity contribution in [3.63, 3.8) is 0 Å². The molecule has 1 aromatic heterocycles. The largest absolute Gasteiger partial charge is 0.326 e. The third kappa shape index (κ3) is 3.01. The van der Waals surface area contributed by atoms with Gasteiger partial charge in [0.1, 0.15) is 5.82 Å². The van der Waals surface area contributed by atoms with E-state index in [9.17, 15) is 4.39 Å². The second kappa shape index (κ2) is 5.89. The lowest BCUT2D eigenvalue weighted by Crippen LogP contribution is -2.07. The predicted molar refractivity (Wildman–Crippen MR) is 81.1 cm³/mol. The number of halogens is 1. The zero-order valence-electron chi connectivity index (χ0n) is 11.5. The number of aromatic nitrogens is 2. The van der Waals surface area contributed by atoms with Crippen LogP contribution in [0.15, 0.2) is 60.9 Å². The van der Waals surface area contributed by atoms with Gasteiger partial charge in [-0.2, -0.15) is 5.10 Å². The monoisotopic (exact) mass is 281 g/mol. The molecular weight excluding hydrogens is 265 g/mol. The maximum atomic E-state index is 13.4. The summed E-state index contributed by atoms with van der Waals surface area (Å²) in [6, 6.07) is 14.7. The number of nitrogens with two attached hydrogens (primary N) is 1. The molecule has 3 rings (SSSR count). The van der Waals surface area contributed by atoms with Gasteiger partial charge in [-0.15, -0.1) is 0 Å². The number of rotatable bonds is 4. The third-order valence-electron chi connectivity index (χ3n) is 3.46. The van der Waals surface area contributed by atoms with Crippen molar-refractivity contribution >= 4 is 0 Å². The van der Waals surface area contributed by atoms with Gasteiger partial charge in [0.15, 0.2) is 0 Å². The van der Waals surface area contributed by atoms with Crippen molar-refractivity contribution in [2.24, 2.45) is 5.73 Å². The summed E-state index contributed by atoms with van der Waals surface area (Å²) >= 11 is 0. The number of nitrogens with zero attached hydrogens (tertiary/aromatic N) is 2. The van der Waals surface area contributed by atoms with E-state index in [-0.39, 0.29) is 5.82 Å². The fourth-order valence-corrected chi connectivity index (χ4v) is 2.35. The lowest BCUT2D eigenvalue weighted by atomic mass is 10.1. The van der Waals surface area contributed by atoms with E-state index in [1.807, 2.05) is 42.7 Å². The van der Waals surface area contributed by atoms with Crippen molar-refractivity contribution in [1.29, 1.82) is 0 Å². The lowest BCUT2D eigenvalue weighted by molar-refractivity contribution is 0.616. The van der Waals surface area contributed by atoms with Crippen molar-refractivity contribution in [3.8, 4) is 11.1 Å². The molecule has 3 aromatic rings. The molecule has 2 N–H and O–H groups in total. The van der Waals surface area contributed by atoms with Crippen molar-refractivity contribution in [3.05, 3.63) is 77.9 Å². The first-order valence-electron chi connectivity index (χ1n) is 6.81. The van der Waals surface area contributed by atoms with Crippen molar-refractivity contribution in [2.45, 2.75) is 13.1 Å². The summed E-state index contributed by atoms with van der Waals surface area (Å²) in [6.45, 7) is 0.902. The van der Waals surface area contributed by atoms with Gasteiger partial charge in [0, 0.05) is 18.3 Å². The molecule has 0 atom stereocenters. The Hall–Kier alpha value is -2.46. The zero-order valence-corrected chi connectivity index (χ0v) is 11.5. The number of hydrogen-bond acceptors (Lipinski definition) is 2. The fraction of sp³-hybridized carbons (Fsp3) is 0.118. The van der Waals surface area contributed by atoms with Gasteiger partial charge in [-0.25, -0.2) is 4.39 Å². The van der Waals surface area contributed by atoms with Crippen LogP contribution in [0.1, 0.15) is 11.1 Å². The normalized spacial score (nSPS) is 10.8. The third-order valence-corrected chi connectivity index (χ3v) is 3.46. The van der Waals surface area contributed by atoms with E-state index in [0.29, 0.717) is 13.1 Å². The maximum absolute atomic E-state index is 13.4. The van der Waals surface area contributed by atoms with Crippen LogP contribution in [-0.4, -0.2) is 9.78 Å². The molecule has 0 saturated heterocycles. The summed E-state index contributed by atoms with van der Waals surface area (Å²) < 4.78 is 15.2. The minimum Gasteiger partial charge on any atom is -0.326 e. The molecule has 3 nitrogen and oxygen atoms in total. The molecule has 0 amide bonds. The molecule has 0 spiro atoms. The summed E-state index contributed by atoms with van der Waals surface area (Å²) in [7, 11) is 0. The molecule has 0 aliphatic rings. The van der Waals surface area contributed by atoms with Crippen LogP contribution in [0, 0.1) is 5.82 Å². The average molecular weight is 281 g/mol. The first-order valence-corrected chi connectivity index (χ1v) is 6.81. The standard InChI is InChI=1S/C17H16FN3/c18-17-7-6-14(9-19)15(8-17)11-21-12-16(10-20-21)13-4-2-1-3-5-13/h1-8,10,12H,9,11,19H2.